The van der Waals surface area contributed by atoms with E-state index in [4.69, 9.17) is 4.99 Å². The lowest BCUT2D eigenvalue weighted by atomic mass is 9.54. The van der Waals surface area contributed by atoms with Crippen molar-refractivity contribution < 1.29 is 0 Å². The monoisotopic (exact) mass is 446 g/mol. The minimum Gasteiger partial charge on any atom is -0.369 e. The van der Waals surface area contributed by atoms with Gasteiger partial charge in [0.05, 0.1) is 23.5 Å². The highest BCUT2D eigenvalue weighted by Crippen LogP contribution is 2.55. The van der Waals surface area contributed by atoms with Crippen molar-refractivity contribution in [3.05, 3.63) is 24.5 Å². The Bertz CT molecular complexity index is 906. The molecule has 7 rings (SSSR count). The first-order chi connectivity index (χ1) is 16.0. The van der Waals surface area contributed by atoms with Crippen LogP contribution in [0.5, 0.6) is 0 Å². The highest BCUT2D eigenvalue weighted by molar-refractivity contribution is 5.92. The van der Waals surface area contributed by atoms with Crippen molar-refractivity contribution in [1.29, 1.82) is 5.26 Å². The van der Waals surface area contributed by atoms with E-state index in [-0.39, 0.29) is 5.54 Å². The van der Waals surface area contributed by atoms with Crippen LogP contribution in [0.25, 0.3) is 0 Å². The molecule has 0 amide bonds. The Labute approximate surface area is 198 Å². The highest BCUT2D eigenvalue weighted by Gasteiger charge is 2.51. The van der Waals surface area contributed by atoms with Gasteiger partial charge in [-0.05, 0) is 101 Å². The van der Waals surface area contributed by atoms with Gasteiger partial charge in [-0.1, -0.05) is 0 Å². The van der Waals surface area contributed by atoms with Gasteiger partial charge in [-0.2, -0.15) is 5.26 Å². The third-order valence-electron chi connectivity index (χ3n) is 9.65. The van der Waals surface area contributed by atoms with Crippen molar-refractivity contribution in [2.75, 3.05) is 18.0 Å². The number of rotatable bonds is 4. The normalized spacial score (nSPS) is 38.3. The summed E-state index contributed by atoms with van der Waals surface area (Å²) in [6.07, 6.45) is 16.6. The first kappa shape index (κ1) is 21.4. The maximum atomic E-state index is 9.70. The molecule has 0 radical (unpaired) electrons. The van der Waals surface area contributed by atoms with Gasteiger partial charge in [-0.3, -0.25) is 20.2 Å². The number of hydrogen-bond acceptors (Lipinski definition) is 5. The molecule has 2 atom stereocenters. The van der Waals surface area contributed by atoms with Crippen LogP contribution in [0.4, 0.5) is 5.69 Å². The summed E-state index contributed by atoms with van der Waals surface area (Å²) in [7, 11) is 0. The van der Waals surface area contributed by atoms with Crippen LogP contribution in [0.3, 0.4) is 0 Å². The maximum absolute atomic E-state index is 9.70. The van der Waals surface area contributed by atoms with E-state index in [0.717, 1.165) is 49.0 Å². The van der Waals surface area contributed by atoms with Crippen molar-refractivity contribution in [3.8, 4) is 6.19 Å². The van der Waals surface area contributed by atoms with Gasteiger partial charge in [0.2, 0.25) is 0 Å². The summed E-state index contributed by atoms with van der Waals surface area (Å²) in [4.78, 5) is 15.0. The Balaban J connectivity index is 1.27. The summed E-state index contributed by atoms with van der Waals surface area (Å²) in [6.45, 7) is 6.69. The Morgan fingerprint density at radius 1 is 1.09 bits per heavy atom. The van der Waals surface area contributed by atoms with Gasteiger partial charge >= 0.3 is 0 Å². The first-order valence-corrected chi connectivity index (χ1v) is 13.2. The summed E-state index contributed by atoms with van der Waals surface area (Å²) in [5.74, 6) is 4.26. The number of pyridine rings is 1. The standard InChI is InChI=1S/C27H38N6/c1-27(2,26(30-17-28)31-25-20-11-18-10-19(13-20)14-21(25)12-18)33-22-5-6-24(33)16-32(9-7-22)23-4-3-8-29-15-23/h3-4,8,15,18-22,24-25H,5-7,9-14,16H2,1-2H3,(H,30,31). The molecule has 2 saturated heterocycles. The average molecular weight is 447 g/mol. The summed E-state index contributed by atoms with van der Waals surface area (Å²) in [6, 6.07) is 5.63. The molecule has 0 spiro atoms. The molecular formula is C27H38N6. The number of hydrogen-bond donors (Lipinski definition) is 1. The molecule has 2 aliphatic heterocycles. The predicted octanol–water partition coefficient (Wildman–Crippen LogP) is 4.20. The van der Waals surface area contributed by atoms with Crippen LogP contribution in [-0.2, 0) is 0 Å². The number of aliphatic imine (C=N–C) groups is 1. The minimum atomic E-state index is -0.277. The molecule has 6 aliphatic rings. The molecule has 176 valence electrons. The Kier molecular flexibility index (Phi) is 5.36. The fraction of sp³-hybridized carbons (Fsp3) is 0.741. The van der Waals surface area contributed by atoms with Crippen LogP contribution in [0.15, 0.2) is 29.5 Å². The number of aromatic nitrogens is 1. The van der Waals surface area contributed by atoms with Crippen LogP contribution >= 0.6 is 0 Å². The molecule has 6 nitrogen and oxygen atoms in total. The van der Waals surface area contributed by atoms with Gasteiger partial charge in [0, 0.05) is 31.4 Å². The first-order valence-electron chi connectivity index (χ1n) is 13.2. The molecule has 1 aromatic heterocycles. The molecule has 4 saturated carbocycles. The van der Waals surface area contributed by atoms with E-state index in [0.29, 0.717) is 18.1 Å². The number of fused-ring (bicyclic) bond motifs is 2. The van der Waals surface area contributed by atoms with Gasteiger partial charge < -0.3 is 4.90 Å². The lowest BCUT2D eigenvalue weighted by Crippen LogP contribution is -2.60. The molecule has 2 unspecified atom stereocenters. The molecule has 3 heterocycles. The van der Waals surface area contributed by atoms with Crippen molar-refractivity contribution in [2.24, 2.45) is 28.7 Å². The molecule has 33 heavy (non-hydrogen) atoms. The topological polar surface area (TPSA) is 67.6 Å². The van der Waals surface area contributed by atoms with Crippen molar-refractivity contribution in [2.45, 2.75) is 88.9 Å². The third kappa shape index (κ3) is 3.73. The minimum absolute atomic E-state index is 0.277. The highest BCUT2D eigenvalue weighted by atomic mass is 15.3. The number of nitrogens with one attached hydrogen (secondary N) is 1. The second-order valence-corrected chi connectivity index (χ2v) is 11.9. The van der Waals surface area contributed by atoms with Crippen LogP contribution in [0, 0.1) is 35.1 Å². The fourth-order valence-electron chi connectivity index (χ4n) is 8.54. The zero-order valence-corrected chi connectivity index (χ0v) is 20.2. The summed E-state index contributed by atoms with van der Waals surface area (Å²) >= 11 is 0. The van der Waals surface area contributed by atoms with Crippen LogP contribution in [-0.4, -0.2) is 52.5 Å². The Hall–Kier alpha value is -2.13. The second-order valence-electron chi connectivity index (χ2n) is 11.9. The predicted molar refractivity (Wildman–Crippen MR) is 131 cm³/mol. The quantitative estimate of drug-likeness (QED) is 0.325. The SMILES string of the molecule is CC(C)(C(=NC1C2CC3CC(C2)CC1C3)NC#N)N1C2CCC1CN(c1cccnc1)CC2. The third-order valence-corrected chi connectivity index (χ3v) is 9.65. The fourth-order valence-corrected chi connectivity index (χ4v) is 8.54. The zero-order valence-electron chi connectivity index (χ0n) is 20.2. The number of amidine groups is 1. The molecule has 0 aromatic carbocycles. The van der Waals surface area contributed by atoms with Gasteiger partial charge in [-0.15, -0.1) is 0 Å². The van der Waals surface area contributed by atoms with E-state index in [2.05, 4.69) is 46.2 Å². The van der Waals surface area contributed by atoms with Gasteiger partial charge in [0.1, 0.15) is 5.84 Å². The zero-order chi connectivity index (χ0) is 22.6. The van der Waals surface area contributed by atoms with Gasteiger partial charge in [-0.25, -0.2) is 0 Å². The lowest BCUT2D eigenvalue weighted by Gasteiger charge is -2.53. The van der Waals surface area contributed by atoms with E-state index in [1.807, 2.05) is 18.5 Å². The van der Waals surface area contributed by atoms with E-state index in [1.165, 1.54) is 50.6 Å². The van der Waals surface area contributed by atoms with Crippen molar-refractivity contribution in [3.63, 3.8) is 0 Å². The van der Waals surface area contributed by atoms with E-state index < -0.39 is 0 Å². The van der Waals surface area contributed by atoms with Crippen molar-refractivity contribution in [1.82, 2.24) is 15.2 Å². The molecule has 1 N–H and O–H groups in total. The maximum Gasteiger partial charge on any atom is 0.182 e. The van der Waals surface area contributed by atoms with Crippen LogP contribution in [0.2, 0.25) is 0 Å². The smallest absolute Gasteiger partial charge is 0.182 e. The van der Waals surface area contributed by atoms with E-state index >= 15 is 0 Å². The summed E-state index contributed by atoms with van der Waals surface area (Å²) in [5, 5.41) is 12.8. The number of nitriles is 1. The van der Waals surface area contributed by atoms with E-state index in [9.17, 15) is 5.26 Å². The molecule has 6 fully saturated rings. The number of nitrogens with zero attached hydrogens (tertiary/aromatic N) is 5. The Morgan fingerprint density at radius 3 is 2.48 bits per heavy atom. The van der Waals surface area contributed by atoms with E-state index in [1.54, 1.807) is 0 Å². The molecule has 6 heteroatoms. The van der Waals surface area contributed by atoms with Crippen LogP contribution < -0.4 is 10.2 Å². The number of anilines is 1. The summed E-state index contributed by atoms with van der Waals surface area (Å²) in [5.41, 5.74) is 0.946. The Morgan fingerprint density at radius 2 is 1.82 bits per heavy atom. The van der Waals surface area contributed by atoms with Gasteiger partial charge in [0.25, 0.3) is 0 Å². The molecule has 1 aromatic rings. The molecule has 4 aliphatic carbocycles. The molecule has 6 bridgehead atoms. The second kappa shape index (κ2) is 8.27. The average Bonchev–Trinajstić information content (AvgIpc) is 3.10. The molecular weight excluding hydrogens is 408 g/mol. The van der Waals surface area contributed by atoms with Gasteiger partial charge in [0.15, 0.2) is 6.19 Å². The summed E-state index contributed by atoms with van der Waals surface area (Å²) < 4.78 is 0. The largest absolute Gasteiger partial charge is 0.369 e. The van der Waals surface area contributed by atoms with Crippen molar-refractivity contribution >= 4 is 11.5 Å². The lowest BCUT2D eigenvalue weighted by molar-refractivity contribution is 0.000521. The van der Waals surface area contributed by atoms with Crippen LogP contribution in [0.1, 0.15) is 65.2 Å².